The molecule has 1 N–H and O–H groups in total. The summed E-state index contributed by atoms with van der Waals surface area (Å²) < 4.78 is 0. The Morgan fingerprint density at radius 1 is 1.15 bits per heavy atom. The van der Waals surface area contributed by atoms with E-state index in [1.807, 2.05) is 29.2 Å². The van der Waals surface area contributed by atoms with E-state index in [0.717, 1.165) is 47.7 Å². The van der Waals surface area contributed by atoms with Crippen LogP contribution in [0.25, 0.3) is 11.4 Å². The number of carbonyl (C=O) groups is 1. The van der Waals surface area contributed by atoms with Gasteiger partial charge in [-0.2, -0.15) is 5.26 Å². The van der Waals surface area contributed by atoms with Crippen LogP contribution in [0.5, 0.6) is 0 Å². The highest BCUT2D eigenvalue weighted by Crippen LogP contribution is 2.45. The summed E-state index contributed by atoms with van der Waals surface area (Å²) >= 11 is 0. The topological polar surface area (TPSA) is 76.0 Å². The second-order valence-electron chi connectivity index (χ2n) is 10.2. The van der Waals surface area contributed by atoms with E-state index in [1.165, 1.54) is 29.7 Å². The van der Waals surface area contributed by atoms with Gasteiger partial charge in [-0.1, -0.05) is 18.2 Å². The Morgan fingerprint density at radius 2 is 1.91 bits per heavy atom. The van der Waals surface area contributed by atoms with E-state index in [0.29, 0.717) is 30.5 Å². The average molecular weight is 452 g/mol. The highest BCUT2D eigenvalue weighted by atomic mass is 16.2. The molecule has 0 radical (unpaired) electrons. The maximum Gasteiger partial charge on any atom is 0.254 e. The summed E-state index contributed by atoms with van der Waals surface area (Å²) in [5, 5.41) is 9.02. The van der Waals surface area contributed by atoms with Crippen LogP contribution in [0, 0.1) is 18.3 Å². The predicted molar refractivity (Wildman–Crippen MR) is 131 cm³/mol. The Bertz CT molecular complexity index is 1310. The lowest BCUT2D eigenvalue weighted by molar-refractivity contribution is 0.0601. The standard InChI is InChI=1S/C28H29N5O/c1-17-11-23(20-7-8-20)24(27-30-25-9-10-32(2)16-26(25)31-27)12-22(17)28(34)33-14-21(15-33)19-5-3-18(13-29)4-6-19/h3-6,11-12,20-21H,7-10,14-16H2,1-2H3,(H,30,31). The number of amides is 1. The first kappa shape index (κ1) is 21.1. The molecule has 3 heterocycles. The first-order valence-corrected chi connectivity index (χ1v) is 12.2. The first-order chi connectivity index (χ1) is 16.5. The quantitative estimate of drug-likeness (QED) is 0.639. The number of imidazole rings is 1. The zero-order chi connectivity index (χ0) is 23.4. The Labute approximate surface area is 200 Å². The van der Waals surface area contributed by atoms with Crippen molar-refractivity contribution in [2.45, 2.75) is 44.6 Å². The number of likely N-dealkylation sites (N-methyl/N-ethyl adjacent to an activating group) is 1. The van der Waals surface area contributed by atoms with Crippen LogP contribution in [-0.2, 0) is 13.0 Å². The minimum Gasteiger partial charge on any atom is -0.341 e. The van der Waals surface area contributed by atoms with Crippen molar-refractivity contribution >= 4 is 5.91 Å². The number of carbonyl (C=O) groups excluding carboxylic acids is 1. The SMILES string of the molecule is Cc1cc(C2CC2)c(-c2nc3c([nH]2)CN(C)CC3)cc1C(=O)N1CC(c2ccc(C#N)cc2)C1. The third-order valence-electron chi connectivity index (χ3n) is 7.60. The molecule has 6 rings (SSSR count). The molecule has 3 aromatic rings. The fourth-order valence-corrected chi connectivity index (χ4v) is 5.31. The molecule has 172 valence electrons. The molecule has 1 aromatic heterocycles. The normalized spacial score (nSPS) is 18.3. The lowest BCUT2D eigenvalue weighted by Gasteiger charge is -2.40. The van der Waals surface area contributed by atoms with Gasteiger partial charge in [0.05, 0.1) is 23.0 Å². The molecule has 0 unspecified atom stereocenters. The van der Waals surface area contributed by atoms with Gasteiger partial charge in [0.1, 0.15) is 5.82 Å². The Morgan fingerprint density at radius 3 is 2.62 bits per heavy atom. The van der Waals surface area contributed by atoms with Crippen molar-refractivity contribution in [3.8, 4) is 17.5 Å². The van der Waals surface area contributed by atoms with Crippen LogP contribution >= 0.6 is 0 Å². The number of aromatic nitrogens is 2. The molecule has 3 aliphatic rings. The second-order valence-corrected chi connectivity index (χ2v) is 10.2. The summed E-state index contributed by atoms with van der Waals surface area (Å²) in [4.78, 5) is 26.3. The lowest BCUT2D eigenvalue weighted by Crippen LogP contribution is -2.48. The molecular formula is C28H29N5O. The molecule has 2 aliphatic heterocycles. The molecule has 1 saturated carbocycles. The molecule has 2 fully saturated rings. The number of rotatable bonds is 4. The van der Waals surface area contributed by atoms with Crippen molar-refractivity contribution in [1.82, 2.24) is 19.8 Å². The average Bonchev–Trinajstić information content (AvgIpc) is 3.57. The van der Waals surface area contributed by atoms with Crippen molar-refractivity contribution in [1.29, 1.82) is 5.26 Å². The van der Waals surface area contributed by atoms with Gasteiger partial charge in [-0.3, -0.25) is 4.79 Å². The van der Waals surface area contributed by atoms with Crippen LogP contribution in [-0.4, -0.2) is 52.4 Å². The van der Waals surface area contributed by atoms with E-state index in [4.69, 9.17) is 10.2 Å². The van der Waals surface area contributed by atoms with Crippen molar-refractivity contribution < 1.29 is 4.79 Å². The fraction of sp³-hybridized carbons (Fsp3) is 0.393. The van der Waals surface area contributed by atoms with Crippen LogP contribution in [0.4, 0.5) is 0 Å². The van der Waals surface area contributed by atoms with Crippen molar-refractivity contribution in [3.63, 3.8) is 0 Å². The summed E-state index contributed by atoms with van der Waals surface area (Å²) in [6.07, 6.45) is 3.38. The predicted octanol–water partition coefficient (Wildman–Crippen LogP) is 4.36. The largest absolute Gasteiger partial charge is 0.341 e. The number of likely N-dealkylation sites (tertiary alicyclic amines) is 1. The Hall–Kier alpha value is -3.43. The molecular weight excluding hydrogens is 422 g/mol. The van der Waals surface area contributed by atoms with Crippen LogP contribution in [0.3, 0.4) is 0 Å². The number of aromatic amines is 1. The number of fused-ring (bicyclic) bond motifs is 1. The Kier molecular flexibility index (Phi) is 5.04. The van der Waals surface area contributed by atoms with Crippen LogP contribution in [0.2, 0.25) is 0 Å². The number of aryl methyl sites for hydroxylation is 1. The lowest BCUT2D eigenvalue weighted by atomic mass is 9.89. The van der Waals surface area contributed by atoms with Gasteiger partial charge in [0.2, 0.25) is 0 Å². The molecule has 1 aliphatic carbocycles. The third kappa shape index (κ3) is 3.70. The third-order valence-corrected chi connectivity index (χ3v) is 7.60. The Balaban J connectivity index is 1.27. The van der Waals surface area contributed by atoms with Gasteiger partial charge in [0.15, 0.2) is 0 Å². The molecule has 34 heavy (non-hydrogen) atoms. The molecule has 0 spiro atoms. The molecule has 2 aromatic carbocycles. The molecule has 0 bridgehead atoms. The van der Waals surface area contributed by atoms with Gasteiger partial charge < -0.3 is 14.8 Å². The van der Waals surface area contributed by atoms with E-state index in [9.17, 15) is 4.79 Å². The number of H-pyrrole nitrogens is 1. The van der Waals surface area contributed by atoms with Gasteiger partial charge in [-0.15, -0.1) is 0 Å². The summed E-state index contributed by atoms with van der Waals surface area (Å²) in [6.45, 7) is 5.41. The number of nitriles is 1. The van der Waals surface area contributed by atoms with Gasteiger partial charge in [-0.25, -0.2) is 4.98 Å². The molecule has 1 saturated heterocycles. The molecule has 6 heteroatoms. The second kappa shape index (κ2) is 8.11. The summed E-state index contributed by atoms with van der Waals surface area (Å²) in [6, 6.07) is 14.2. The van der Waals surface area contributed by atoms with Crippen molar-refractivity contribution in [2.24, 2.45) is 0 Å². The number of benzene rings is 2. The van der Waals surface area contributed by atoms with Crippen LogP contribution in [0.1, 0.15) is 68.7 Å². The van der Waals surface area contributed by atoms with E-state index < -0.39 is 0 Å². The highest BCUT2D eigenvalue weighted by Gasteiger charge is 2.35. The minimum absolute atomic E-state index is 0.0991. The maximum absolute atomic E-state index is 13.5. The fourth-order valence-electron chi connectivity index (χ4n) is 5.31. The number of nitrogens with one attached hydrogen (secondary N) is 1. The number of nitrogens with zero attached hydrogens (tertiary/aromatic N) is 4. The zero-order valence-corrected chi connectivity index (χ0v) is 19.8. The summed E-state index contributed by atoms with van der Waals surface area (Å²) in [5.41, 5.74) is 8.48. The van der Waals surface area contributed by atoms with E-state index >= 15 is 0 Å². The maximum atomic E-state index is 13.5. The molecule has 0 atom stereocenters. The molecule has 6 nitrogen and oxygen atoms in total. The highest BCUT2D eigenvalue weighted by molar-refractivity contribution is 5.97. The van der Waals surface area contributed by atoms with Gasteiger partial charge in [-0.05, 0) is 67.6 Å². The van der Waals surface area contributed by atoms with Crippen molar-refractivity contribution in [2.75, 3.05) is 26.7 Å². The van der Waals surface area contributed by atoms with Crippen molar-refractivity contribution in [3.05, 3.63) is 75.6 Å². The van der Waals surface area contributed by atoms with Gasteiger partial charge in [0, 0.05) is 49.6 Å². The van der Waals surface area contributed by atoms with E-state index in [-0.39, 0.29) is 5.91 Å². The zero-order valence-electron chi connectivity index (χ0n) is 19.8. The van der Waals surface area contributed by atoms with Crippen LogP contribution in [0.15, 0.2) is 36.4 Å². The monoisotopic (exact) mass is 451 g/mol. The first-order valence-electron chi connectivity index (χ1n) is 12.2. The number of hydrogen-bond donors (Lipinski definition) is 1. The van der Waals surface area contributed by atoms with Gasteiger partial charge >= 0.3 is 0 Å². The van der Waals surface area contributed by atoms with E-state index in [1.54, 1.807) is 0 Å². The number of hydrogen-bond acceptors (Lipinski definition) is 4. The smallest absolute Gasteiger partial charge is 0.254 e. The molecule has 1 amide bonds. The van der Waals surface area contributed by atoms with Crippen LogP contribution < -0.4 is 0 Å². The minimum atomic E-state index is 0.0991. The van der Waals surface area contributed by atoms with E-state index in [2.05, 4.69) is 42.1 Å². The summed E-state index contributed by atoms with van der Waals surface area (Å²) in [7, 11) is 2.14. The van der Waals surface area contributed by atoms with Gasteiger partial charge in [0.25, 0.3) is 5.91 Å². The summed E-state index contributed by atoms with van der Waals surface area (Å²) in [5.74, 6) is 1.92.